The average Bonchev–Trinajstić information content (AvgIpc) is 2.41. The molecular weight excluding hydrogens is 216 g/mol. The molecule has 2 rings (SSSR count). The van der Waals surface area contributed by atoms with E-state index in [-0.39, 0.29) is 5.92 Å². The topological polar surface area (TPSA) is 38.7 Å². The van der Waals surface area contributed by atoms with E-state index in [1.54, 1.807) is 7.11 Å². The van der Waals surface area contributed by atoms with E-state index in [1.807, 2.05) is 30.3 Å². The summed E-state index contributed by atoms with van der Waals surface area (Å²) in [4.78, 5) is 0. The summed E-state index contributed by atoms with van der Waals surface area (Å²) in [7, 11) is 1.63. The van der Waals surface area contributed by atoms with Crippen LogP contribution in [0.5, 0.6) is 0 Å². The molecule has 3 heteroatoms. The van der Waals surface area contributed by atoms with E-state index < -0.39 is 5.60 Å². The summed E-state index contributed by atoms with van der Waals surface area (Å²) in [5.74, 6) is 0.207. The van der Waals surface area contributed by atoms with Crippen molar-refractivity contribution in [3.63, 3.8) is 0 Å². The summed E-state index contributed by atoms with van der Waals surface area (Å²) in [5.41, 5.74) is 0.0496. The smallest absolute Gasteiger partial charge is 0.116 e. The van der Waals surface area contributed by atoms with Gasteiger partial charge in [0.2, 0.25) is 0 Å². The minimum Gasteiger partial charge on any atom is -0.382 e. The number of hydrogen-bond donors (Lipinski definition) is 1. The Bertz CT molecular complexity index is 333. The second kappa shape index (κ2) is 5.63. The standard InChI is InChI=1S/C14H20O3/c1-16-11-14(15,12-5-3-2-4-6-12)13-7-9-17-10-8-13/h2-6,13,15H,7-11H2,1H3. The van der Waals surface area contributed by atoms with Crippen molar-refractivity contribution < 1.29 is 14.6 Å². The summed E-state index contributed by atoms with van der Waals surface area (Å²) in [6.07, 6.45) is 1.77. The lowest BCUT2D eigenvalue weighted by Crippen LogP contribution is -2.42. The molecule has 94 valence electrons. The molecule has 0 amide bonds. The average molecular weight is 236 g/mol. The van der Waals surface area contributed by atoms with Gasteiger partial charge in [0.1, 0.15) is 5.60 Å². The van der Waals surface area contributed by atoms with Crippen LogP contribution in [0, 0.1) is 5.92 Å². The Morgan fingerprint density at radius 2 is 1.94 bits per heavy atom. The minimum atomic E-state index is -0.889. The fraction of sp³-hybridized carbons (Fsp3) is 0.571. The van der Waals surface area contributed by atoms with Crippen LogP contribution >= 0.6 is 0 Å². The lowest BCUT2D eigenvalue weighted by Gasteiger charge is -2.38. The second-order valence-corrected chi connectivity index (χ2v) is 4.61. The fourth-order valence-corrected chi connectivity index (χ4v) is 2.56. The van der Waals surface area contributed by atoms with Gasteiger partial charge in [-0.05, 0) is 24.3 Å². The van der Waals surface area contributed by atoms with E-state index in [4.69, 9.17) is 9.47 Å². The van der Waals surface area contributed by atoms with Gasteiger partial charge in [-0.2, -0.15) is 0 Å². The van der Waals surface area contributed by atoms with Crippen molar-refractivity contribution in [2.24, 2.45) is 5.92 Å². The zero-order valence-corrected chi connectivity index (χ0v) is 10.3. The molecule has 0 saturated carbocycles. The zero-order chi connectivity index (χ0) is 12.1. The maximum absolute atomic E-state index is 10.9. The van der Waals surface area contributed by atoms with Crippen molar-refractivity contribution >= 4 is 0 Å². The number of rotatable bonds is 4. The summed E-state index contributed by atoms with van der Waals surface area (Å²) >= 11 is 0. The van der Waals surface area contributed by atoms with Gasteiger partial charge in [0.15, 0.2) is 0 Å². The van der Waals surface area contributed by atoms with Gasteiger partial charge in [-0.3, -0.25) is 0 Å². The van der Waals surface area contributed by atoms with Crippen molar-refractivity contribution in [2.75, 3.05) is 26.9 Å². The molecule has 1 aliphatic heterocycles. The van der Waals surface area contributed by atoms with Crippen LogP contribution in [0.15, 0.2) is 30.3 Å². The Balaban J connectivity index is 2.24. The van der Waals surface area contributed by atoms with Crippen LogP contribution in [-0.4, -0.2) is 32.0 Å². The summed E-state index contributed by atoms with van der Waals surface area (Å²) in [5, 5.41) is 10.9. The molecule has 1 N–H and O–H groups in total. The molecule has 0 spiro atoms. The Kier molecular flexibility index (Phi) is 4.15. The molecule has 0 aromatic heterocycles. The third-order valence-electron chi connectivity index (χ3n) is 3.53. The Morgan fingerprint density at radius 1 is 1.29 bits per heavy atom. The number of benzene rings is 1. The predicted octanol–water partition coefficient (Wildman–Crippen LogP) is 1.95. The molecule has 1 aliphatic rings. The molecule has 1 aromatic carbocycles. The summed E-state index contributed by atoms with van der Waals surface area (Å²) in [6.45, 7) is 1.79. The SMILES string of the molecule is COCC(O)(c1ccccc1)C1CCOCC1. The monoisotopic (exact) mass is 236 g/mol. The Hall–Kier alpha value is -0.900. The first-order valence-corrected chi connectivity index (χ1v) is 6.12. The van der Waals surface area contributed by atoms with Crippen molar-refractivity contribution in [2.45, 2.75) is 18.4 Å². The molecule has 0 bridgehead atoms. The highest BCUT2D eigenvalue weighted by Crippen LogP contribution is 2.36. The van der Waals surface area contributed by atoms with Crippen LogP contribution in [0.1, 0.15) is 18.4 Å². The first-order valence-electron chi connectivity index (χ1n) is 6.12. The van der Waals surface area contributed by atoms with Gasteiger partial charge < -0.3 is 14.6 Å². The lowest BCUT2D eigenvalue weighted by molar-refractivity contribution is -0.109. The van der Waals surface area contributed by atoms with Crippen LogP contribution in [0.3, 0.4) is 0 Å². The molecular formula is C14H20O3. The molecule has 1 unspecified atom stereocenters. The lowest BCUT2D eigenvalue weighted by atomic mass is 9.77. The summed E-state index contributed by atoms with van der Waals surface area (Å²) in [6, 6.07) is 9.80. The first-order chi connectivity index (χ1) is 8.27. The van der Waals surface area contributed by atoms with Crippen LogP contribution in [0.4, 0.5) is 0 Å². The number of methoxy groups -OCH3 is 1. The molecule has 1 heterocycles. The van der Waals surface area contributed by atoms with Gasteiger partial charge in [0, 0.05) is 20.3 Å². The van der Waals surface area contributed by atoms with Crippen molar-refractivity contribution in [3.8, 4) is 0 Å². The second-order valence-electron chi connectivity index (χ2n) is 4.61. The van der Waals surface area contributed by atoms with E-state index in [0.29, 0.717) is 6.61 Å². The van der Waals surface area contributed by atoms with Crippen molar-refractivity contribution in [1.82, 2.24) is 0 Å². The van der Waals surface area contributed by atoms with Gasteiger partial charge >= 0.3 is 0 Å². The Morgan fingerprint density at radius 3 is 2.53 bits per heavy atom. The minimum absolute atomic E-state index is 0.207. The predicted molar refractivity (Wildman–Crippen MR) is 65.8 cm³/mol. The molecule has 1 fully saturated rings. The van der Waals surface area contributed by atoms with Crippen molar-refractivity contribution in [1.29, 1.82) is 0 Å². The van der Waals surface area contributed by atoms with Gasteiger partial charge in [0.25, 0.3) is 0 Å². The Labute approximate surface area is 102 Å². The van der Waals surface area contributed by atoms with Gasteiger partial charge in [-0.25, -0.2) is 0 Å². The normalized spacial score (nSPS) is 21.1. The molecule has 1 aromatic rings. The van der Waals surface area contributed by atoms with Crippen LogP contribution in [0.25, 0.3) is 0 Å². The molecule has 1 atom stereocenters. The third-order valence-corrected chi connectivity index (χ3v) is 3.53. The van der Waals surface area contributed by atoms with E-state index in [1.165, 1.54) is 0 Å². The number of ether oxygens (including phenoxy) is 2. The fourth-order valence-electron chi connectivity index (χ4n) is 2.56. The van der Waals surface area contributed by atoms with Gasteiger partial charge in [-0.15, -0.1) is 0 Å². The summed E-state index contributed by atoms with van der Waals surface area (Å²) < 4.78 is 10.6. The highest BCUT2D eigenvalue weighted by molar-refractivity contribution is 5.23. The molecule has 17 heavy (non-hydrogen) atoms. The maximum Gasteiger partial charge on any atom is 0.116 e. The van der Waals surface area contributed by atoms with Gasteiger partial charge in [-0.1, -0.05) is 30.3 Å². The molecule has 0 aliphatic carbocycles. The highest BCUT2D eigenvalue weighted by Gasteiger charge is 2.39. The highest BCUT2D eigenvalue weighted by atomic mass is 16.5. The van der Waals surface area contributed by atoms with Gasteiger partial charge in [0.05, 0.1) is 6.61 Å². The molecule has 0 radical (unpaired) electrons. The number of aliphatic hydroxyl groups is 1. The largest absolute Gasteiger partial charge is 0.382 e. The molecule has 1 saturated heterocycles. The van der Waals surface area contributed by atoms with E-state index in [9.17, 15) is 5.11 Å². The van der Waals surface area contributed by atoms with Crippen LogP contribution in [0.2, 0.25) is 0 Å². The van der Waals surface area contributed by atoms with E-state index >= 15 is 0 Å². The van der Waals surface area contributed by atoms with Crippen LogP contribution in [-0.2, 0) is 15.1 Å². The van der Waals surface area contributed by atoms with Crippen molar-refractivity contribution in [3.05, 3.63) is 35.9 Å². The third kappa shape index (κ3) is 2.68. The zero-order valence-electron chi connectivity index (χ0n) is 10.3. The molecule has 3 nitrogen and oxygen atoms in total. The van der Waals surface area contributed by atoms with E-state index in [2.05, 4.69) is 0 Å². The first kappa shape index (κ1) is 12.6. The quantitative estimate of drug-likeness (QED) is 0.868. The number of hydrogen-bond acceptors (Lipinski definition) is 3. The van der Waals surface area contributed by atoms with E-state index in [0.717, 1.165) is 31.6 Å². The maximum atomic E-state index is 10.9. The van der Waals surface area contributed by atoms with Crippen LogP contribution < -0.4 is 0 Å².